The van der Waals surface area contributed by atoms with Crippen molar-refractivity contribution in [1.82, 2.24) is 14.9 Å². The summed E-state index contributed by atoms with van der Waals surface area (Å²) in [6.07, 6.45) is 2.49. The number of carbonyl (C=O) groups is 1. The van der Waals surface area contributed by atoms with Crippen LogP contribution in [-0.4, -0.2) is 21.5 Å². The molecule has 3 rings (SSSR count). The van der Waals surface area contributed by atoms with Crippen molar-refractivity contribution in [2.45, 2.75) is 53.1 Å². The van der Waals surface area contributed by atoms with Gasteiger partial charge in [-0.15, -0.1) is 0 Å². The van der Waals surface area contributed by atoms with Crippen molar-refractivity contribution in [2.24, 2.45) is 0 Å². The quantitative estimate of drug-likeness (QED) is 0.726. The Kier molecular flexibility index (Phi) is 5.44. The summed E-state index contributed by atoms with van der Waals surface area (Å²) < 4.78 is 6.96. The van der Waals surface area contributed by atoms with E-state index in [1.807, 2.05) is 45.0 Å². The highest BCUT2D eigenvalue weighted by Crippen LogP contribution is 2.17. The topological polar surface area (TPSA) is 77.1 Å². The van der Waals surface area contributed by atoms with Crippen LogP contribution in [0.2, 0.25) is 0 Å². The maximum atomic E-state index is 12.6. The number of nitrogens with one attached hydrogen (secondary N) is 1. The summed E-state index contributed by atoms with van der Waals surface area (Å²) in [5.74, 6) is 0.744. The smallest absolute Gasteiger partial charge is 0.272 e. The second kappa shape index (κ2) is 7.78. The molecule has 0 aliphatic heterocycles. The molecule has 3 aromatic rings. The van der Waals surface area contributed by atoms with Gasteiger partial charge in [0.25, 0.3) is 5.56 Å². The Morgan fingerprint density at radius 3 is 2.70 bits per heavy atom. The van der Waals surface area contributed by atoms with Crippen LogP contribution in [0.4, 0.5) is 0 Å². The van der Waals surface area contributed by atoms with E-state index >= 15 is 0 Å². The summed E-state index contributed by atoms with van der Waals surface area (Å²) in [5.41, 5.74) is 4.06. The van der Waals surface area contributed by atoms with Crippen molar-refractivity contribution in [3.05, 3.63) is 63.5 Å². The van der Waals surface area contributed by atoms with Crippen molar-refractivity contribution in [3.8, 4) is 0 Å². The fraction of sp³-hybridized carbons (Fsp3) is 0.381. The minimum atomic E-state index is -0.151. The predicted molar refractivity (Wildman–Crippen MR) is 105 cm³/mol. The average molecular weight is 367 g/mol. The number of benzene rings is 1. The van der Waals surface area contributed by atoms with E-state index < -0.39 is 0 Å². The first-order valence-electron chi connectivity index (χ1n) is 9.15. The highest BCUT2D eigenvalue weighted by atomic mass is 16.3. The van der Waals surface area contributed by atoms with Gasteiger partial charge in [0.05, 0.1) is 17.3 Å². The van der Waals surface area contributed by atoms with E-state index in [4.69, 9.17) is 4.42 Å². The molecule has 0 fully saturated rings. The van der Waals surface area contributed by atoms with Gasteiger partial charge in [-0.05, 0) is 63.1 Å². The number of aryl methyl sites for hydroxylation is 4. The number of amides is 1. The first kappa shape index (κ1) is 18.9. The first-order chi connectivity index (χ1) is 12.8. The molecule has 2 aromatic heterocycles. The SMILES string of the molecule is Cc1cc2nc(C)c(=O)n(CCC(=O)N[C@H](C)Cc3ccco3)c2cc1C. The number of nitrogens with zero attached hydrogens (tertiary/aromatic N) is 2. The minimum absolute atomic E-state index is 0.0406. The number of furan rings is 1. The molecule has 0 bridgehead atoms. The third-order valence-electron chi connectivity index (χ3n) is 4.78. The summed E-state index contributed by atoms with van der Waals surface area (Å²) in [4.78, 5) is 29.3. The summed E-state index contributed by atoms with van der Waals surface area (Å²) in [5, 5.41) is 2.96. The van der Waals surface area contributed by atoms with Gasteiger partial charge in [0.1, 0.15) is 11.5 Å². The molecule has 6 nitrogen and oxygen atoms in total. The molecule has 1 atom stereocenters. The van der Waals surface area contributed by atoms with E-state index in [1.54, 1.807) is 17.8 Å². The molecule has 0 aliphatic rings. The van der Waals surface area contributed by atoms with Gasteiger partial charge >= 0.3 is 0 Å². The van der Waals surface area contributed by atoms with E-state index in [0.29, 0.717) is 18.7 Å². The molecule has 142 valence electrons. The Morgan fingerprint density at radius 1 is 1.26 bits per heavy atom. The van der Waals surface area contributed by atoms with Crippen LogP contribution in [0.25, 0.3) is 11.0 Å². The Morgan fingerprint density at radius 2 is 2.00 bits per heavy atom. The van der Waals surface area contributed by atoms with E-state index in [9.17, 15) is 9.59 Å². The number of carbonyl (C=O) groups excluding carboxylic acids is 1. The lowest BCUT2D eigenvalue weighted by molar-refractivity contribution is -0.121. The first-order valence-corrected chi connectivity index (χ1v) is 9.15. The fourth-order valence-electron chi connectivity index (χ4n) is 3.19. The molecule has 0 saturated heterocycles. The monoisotopic (exact) mass is 367 g/mol. The van der Waals surface area contributed by atoms with Crippen LogP contribution in [0.1, 0.15) is 35.9 Å². The van der Waals surface area contributed by atoms with E-state index in [-0.39, 0.29) is 23.9 Å². The molecule has 0 saturated carbocycles. The van der Waals surface area contributed by atoms with Crippen molar-refractivity contribution in [1.29, 1.82) is 0 Å². The van der Waals surface area contributed by atoms with E-state index in [1.165, 1.54) is 0 Å². The van der Waals surface area contributed by atoms with Gasteiger partial charge < -0.3 is 14.3 Å². The molecule has 6 heteroatoms. The second-order valence-corrected chi connectivity index (χ2v) is 7.08. The third-order valence-corrected chi connectivity index (χ3v) is 4.78. The molecule has 0 aliphatic carbocycles. The number of hydrogen-bond acceptors (Lipinski definition) is 4. The van der Waals surface area contributed by atoms with Gasteiger partial charge in [-0.25, -0.2) is 4.98 Å². The summed E-state index contributed by atoms with van der Waals surface area (Å²) in [7, 11) is 0. The van der Waals surface area contributed by atoms with Crippen molar-refractivity contribution >= 4 is 16.9 Å². The number of rotatable bonds is 6. The molecule has 0 unspecified atom stereocenters. The number of aromatic nitrogens is 2. The Bertz CT molecular complexity index is 1020. The molecule has 1 aromatic carbocycles. The molecule has 1 N–H and O–H groups in total. The predicted octanol–water partition coefficient (Wildman–Crippen LogP) is 3.05. The standard InChI is InChI=1S/C21H25N3O3/c1-13-10-18-19(11-14(13)2)24(21(26)16(4)23-18)8-7-20(25)22-15(3)12-17-6-5-9-27-17/h5-6,9-11,15H,7-8,12H2,1-4H3,(H,22,25)/t15-/m1/s1. The summed E-state index contributed by atoms with van der Waals surface area (Å²) in [6.45, 7) is 7.99. The third kappa shape index (κ3) is 4.27. The maximum Gasteiger partial charge on any atom is 0.272 e. The maximum absolute atomic E-state index is 12.6. The lowest BCUT2D eigenvalue weighted by atomic mass is 10.1. The summed E-state index contributed by atoms with van der Waals surface area (Å²) in [6, 6.07) is 7.63. The van der Waals surface area contributed by atoms with Crippen LogP contribution in [0.3, 0.4) is 0 Å². The van der Waals surface area contributed by atoms with Crippen LogP contribution >= 0.6 is 0 Å². The average Bonchev–Trinajstić information content (AvgIpc) is 3.10. The van der Waals surface area contributed by atoms with Gasteiger partial charge in [0, 0.05) is 25.4 Å². The summed E-state index contributed by atoms with van der Waals surface area (Å²) >= 11 is 0. The zero-order valence-corrected chi connectivity index (χ0v) is 16.2. The molecule has 2 heterocycles. The molecular formula is C21H25N3O3. The Labute approximate surface area is 158 Å². The van der Waals surface area contributed by atoms with Gasteiger partial charge in [-0.2, -0.15) is 0 Å². The molecule has 27 heavy (non-hydrogen) atoms. The molecular weight excluding hydrogens is 342 g/mol. The lowest BCUT2D eigenvalue weighted by Crippen LogP contribution is -2.35. The van der Waals surface area contributed by atoms with Gasteiger partial charge in [-0.3, -0.25) is 9.59 Å². The van der Waals surface area contributed by atoms with E-state index in [2.05, 4.69) is 10.3 Å². The van der Waals surface area contributed by atoms with Gasteiger partial charge in [0.2, 0.25) is 5.91 Å². The highest BCUT2D eigenvalue weighted by molar-refractivity contribution is 5.78. The van der Waals surface area contributed by atoms with Crippen molar-refractivity contribution in [3.63, 3.8) is 0 Å². The normalized spacial score (nSPS) is 12.3. The van der Waals surface area contributed by atoms with Crippen molar-refractivity contribution in [2.75, 3.05) is 0 Å². The van der Waals surface area contributed by atoms with Crippen molar-refractivity contribution < 1.29 is 9.21 Å². The van der Waals surface area contributed by atoms with Crippen LogP contribution in [0.15, 0.2) is 39.7 Å². The Balaban J connectivity index is 1.74. The highest BCUT2D eigenvalue weighted by Gasteiger charge is 2.13. The fourth-order valence-corrected chi connectivity index (χ4v) is 3.19. The molecule has 1 amide bonds. The molecule has 0 spiro atoms. The van der Waals surface area contributed by atoms with Gasteiger partial charge in [0.15, 0.2) is 0 Å². The minimum Gasteiger partial charge on any atom is -0.469 e. The molecule has 0 radical (unpaired) electrons. The van der Waals surface area contributed by atoms with Gasteiger partial charge in [-0.1, -0.05) is 0 Å². The zero-order chi connectivity index (χ0) is 19.6. The second-order valence-electron chi connectivity index (χ2n) is 7.08. The van der Waals surface area contributed by atoms with Crippen LogP contribution in [-0.2, 0) is 17.8 Å². The van der Waals surface area contributed by atoms with Crippen LogP contribution < -0.4 is 10.9 Å². The van der Waals surface area contributed by atoms with E-state index in [0.717, 1.165) is 27.9 Å². The van der Waals surface area contributed by atoms with Crippen LogP contribution in [0.5, 0.6) is 0 Å². The Hall–Kier alpha value is -2.89. The van der Waals surface area contributed by atoms with Crippen LogP contribution in [0, 0.1) is 20.8 Å². The lowest BCUT2D eigenvalue weighted by Gasteiger charge is -2.15. The number of fused-ring (bicyclic) bond motifs is 1. The zero-order valence-electron chi connectivity index (χ0n) is 16.2. The number of hydrogen-bond donors (Lipinski definition) is 1. The largest absolute Gasteiger partial charge is 0.469 e.